The van der Waals surface area contributed by atoms with Crippen molar-refractivity contribution in [2.45, 2.75) is 24.6 Å². The standard InChI is InChI=1S/C19H18BrFN4O2S/c20-14-3-1-4-16(11-14)27-12-18-23-24-19(25(18)22)28-10-2-5-17(26)13-6-8-15(21)9-7-13/h1,3-4,6-9,11H,2,5,10,12,22H2. The average molecular weight is 465 g/mol. The molecule has 6 nitrogen and oxygen atoms in total. The number of nitrogens with zero attached hydrogens (tertiary/aromatic N) is 3. The molecule has 3 aromatic rings. The molecule has 0 aliphatic carbocycles. The summed E-state index contributed by atoms with van der Waals surface area (Å²) in [5.41, 5.74) is 0.514. The molecule has 0 saturated carbocycles. The largest absolute Gasteiger partial charge is 0.485 e. The first-order valence-corrected chi connectivity index (χ1v) is 10.3. The van der Waals surface area contributed by atoms with Gasteiger partial charge in [0.25, 0.3) is 0 Å². The molecule has 0 unspecified atom stereocenters. The minimum absolute atomic E-state index is 0.0158. The molecule has 0 bridgehead atoms. The third-order valence-electron chi connectivity index (χ3n) is 3.84. The van der Waals surface area contributed by atoms with E-state index in [-0.39, 0.29) is 18.2 Å². The number of benzene rings is 2. The summed E-state index contributed by atoms with van der Waals surface area (Å²) in [5, 5.41) is 8.67. The molecule has 3 rings (SSSR count). The number of hydrogen-bond acceptors (Lipinski definition) is 6. The second kappa shape index (κ2) is 9.70. The van der Waals surface area contributed by atoms with Crippen LogP contribution in [0.1, 0.15) is 29.0 Å². The fourth-order valence-corrected chi connectivity index (χ4v) is 3.58. The van der Waals surface area contributed by atoms with Crippen molar-refractivity contribution in [2.24, 2.45) is 0 Å². The van der Waals surface area contributed by atoms with Gasteiger partial charge in [0.05, 0.1) is 0 Å². The van der Waals surface area contributed by atoms with E-state index in [1.54, 1.807) is 0 Å². The van der Waals surface area contributed by atoms with Crippen molar-refractivity contribution in [3.63, 3.8) is 0 Å². The maximum atomic E-state index is 12.9. The van der Waals surface area contributed by atoms with Crippen molar-refractivity contribution >= 4 is 33.5 Å². The van der Waals surface area contributed by atoms with Crippen LogP contribution in [-0.4, -0.2) is 26.4 Å². The van der Waals surface area contributed by atoms with Gasteiger partial charge in [0.1, 0.15) is 18.2 Å². The molecule has 2 N–H and O–H groups in total. The van der Waals surface area contributed by atoms with Crippen LogP contribution >= 0.6 is 27.7 Å². The number of carbonyl (C=O) groups excluding carboxylic acids is 1. The maximum absolute atomic E-state index is 12.9. The van der Waals surface area contributed by atoms with Gasteiger partial charge in [0, 0.05) is 22.2 Å². The van der Waals surface area contributed by atoms with Crippen LogP contribution in [0, 0.1) is 5.82 Å². The first-order chi connectivity index (χ1) is 13.5. The number of nitrogens with two attached hydrogens (primary N) is 1. The highest BCUT2D eigenvalue weighted by molar-refractivity contribution is 9.10. The van der Waals surface area contributed by atoms with Gasteiger partial charge in [-0.25, -0.2) is 9.07 Å². The predicted octanol–water partition coefficient (Wildman–Crippen LogP) is 4.23. The molecule has 0 aliphatic heterocycles. The third-order valence-corrected chi connectivity index (χ3v) is 5.37. The normalized spacial score (nSPS) is 10.8. The number of carbonyl (C=O) groups is 1. The van der Waals surface area contributed by atoms with Crippen LogP contribution in [0.3, 0.4) is 0 Å². The molecule has 0 aliphatic rings. The van der Waals surface area contributed by atoms with Crippen molar-refractivity contribution in [3.05, 3.63) is 70.2 Å². The highest BCUT2D eigenvalue weighted by Gasteiger charge is 2.12. The van der Waals surface area contributed by atoms with Gasteiger partial charge in [-0.05, 0) is 48.9 Å². The van der Waals surface area contributed by atoms with E-state index in [2.05, 4.69) is 26.1 Å². The molecule has 1 aromatic heterocycles. The van der Waals surface area contributed by atoms with Crippen molar-refractivity contribution in [1.29, 1.82) is 0 Å². The molecular weight excluding hydrogens is 447 g/mol. The van der Waals surface area contributed by atoms with Crippen molar-refractivity contribution in [2.75, 3.05) is 11.6 Å². The Balaban J connectivity index is 1.45. The third kappa shape index (κ3) is 5.56. The Hall–Kier alpha value is -2.39. The van der Waals surface area contributed by atoms with Gasteiger partial charge < -0.3 is 10.6 Å². The maximum Gasteiger partial charge on any atom is 0.209 e. The molecule has 1 heterocycles. The number of ketones is 1. The zero-order valence-corrected chi connectivity index (χ0v) is 17.2. The van der Waals surface area contributed by atoms with Gasteiger partial charge in [0.15, 0.2) is 11.6 Å². The van der Waals surface area contributed by atoms with Crippen molar-refractivity contribution < 1.29 is 13.9 Å². The number of nitrogen functional groups attached to an aromatic ring is 1. The number of hydrogen-bond donors (Lipinski definition) is 1. The van der Waals surface area contributed by atoms with Crippen LogP contribution in [0.25, 0.3) is 0 Å². The lowest BCUT2D eigenvalue weighted by Gasteiger charge is -2.06. The fraction of sp³-hybridized carbons (Fsp3) is 0.211. The number of rotatable bonds is 9. The monoisotopic (exact) mass is 464 g/mol. The summed E-state index contributed by atoms with van der Waals surface area (Å²) in [6.07, 6.45) is 1.02. The summed E-state index contributed by atoms with van der Waals surface area (Å²) < 4.78 is 20.9. The van der Waals surface area contributed by atoms with E-state index in [9.17, 15) is 9.18 Å². The number of Topliss-reactive ketones (excluding diaryl/α,β-unsaturated/α-hetero) is 1. The van der Waals surface area contributed by atoms with Gasteiger partial charge in [-0.2, -0.15) is 0 Å². The Bertz CT molecular complexity index is 949. The minimum Gasteiger partial charge on any atom is -0.485 e. The Morgan fingerprint density at radius 1 is 1.21 bits per heavy atom. The van der Waals surface area contributed by atoms with E-state index in [0.717, 1.165) is 4.47 Å². The average Bonchev–Trinajstić information content (AvgIpc) is 3.04. The molecule has 0 atom stereocenters. The molecule has 28 heavy (non-hydrogen) atoms. The van der Waals surface area contributed by atoms with Gasteiger partial charge in [-0.1, -0.05) is 33.8 Å². The summed E-state index contributed by atoms with van der Waals surface area (Å²) in [7, 11) is 0. The summed E-state index contributed by atoms with van der Waals surface area (Å²) >= 11 is 4.81. The van der Waals surface area contributed by atoms with E-state index < -0.39 is 0 Å². The lowest BCUT2D eigenvalue weighted by molar-refractivity contribution is 0.0982. The van der Waals surface area contributed by atoms with Gasteiger partial charge >= 0.3 is 0 Å². The van der Waals surface area contributed by atoms with Crippen LogP contribution in [0.2, 0.25) is 0 Å². The lowest BCUT2D eigenvalue weighted by atomic mass is 10.1. The Labute approximate surface area is 174 Å². The van der Waals surface area contributed by atoms with E-state index in [1.165, 1.54) is 40.7 Å². The first kappa shape index (κ1) is 20.3. The number of thioether (sulfide) groups is 1. The van der Waals surface area contributed by atoms with E-state index >= 15 is 0 Å². The van der Waals surface area contributed by atoms with Crippen LogP contribution in [0.5, 0.6) is 5.75 Å². The number of halogens is 2. The summed E-state index contributed by atoms with van der Waals surface area (Å²) in [5.74, 6) is 7.52. The van der Waals surface area contributed by atoms with Crippen LogP contribution < -0.4 is 10.6 Å². The quantitative estimate of drug-likeness (QED) is 0.221. The Morgan fingerprint density at radius 3 is 2.75 bits per heavy atom. The smallest absolute Gasteiger partial charge is 0.209 e. The van der Waals surface area contributed by atoms with Crippen molar-refractivity contribution in [1.82, 2.24) is 14.9 Å². The summed E-state index contributed by atoms with van der Waals surface area (Å²) in [4.78, 5) is 12.1. The Kier molecular flexibility index (Phi) is 7.05. The molecule has 0 fully saturated rings. The fourth-order valence-electron chi connectivity index (χ4n) is 2.39. The molecule has 0 radical (unpaired) electrons. The molecule has 0 saturated heterocycles. The number of aromatic nitrogens is 3. The number of ether oxygens (including phenoxy) is 1. The summed E-state index contributed by atoms with van der Waals surface area (Å²) in [6, 6.07) is 13.1. The Morgan fingerprint density at radius 2 is 2.00 bits per heavy atom. The van der Waals surface area contributed by atoms with E-state index in [0.29, 0.717) is 40.9 Å². The van der Waals surface area contributed by atoms with Gasteiger partial charge in [-0.15, -0.1) is 10.2 Å². The topological polar surface area (TPSA) is 83.0 Å². The van der Waals surface area contributed by atoms with Gasteiger partial charge in [0.2, 0.25) is 5.16 Å². The second-order valence-electron chi connectivity index (χ2n) is 5.90. The van der Waals surface area contributed by atoms with Crippen LogP contribution in [-0.2, 0) is 6.61 Å². The van der Waals surface area contributed by atoms with Gasteiger partial charge in [-0.3, -0.25) is 4.79 Å². The first-order valence-electron chi connectivity index (χ1n) is 8.52. The molecule has 146 valence electrons. The highest BCUT2D eigenvalue weighted by Crippen LogP contribution is 2.20. The zero-order valence-electron chi connectivity index (χ0n) is 14.8. The van der Waals surface area contributed by atoms with Crippen molar-refractivity contribution in [3.8, 4) is 5.75 Å². The minimum atomic E-state index is -0.353. The highest BCUT2D eigenvalue weighted by atomic mass is 79.9. The summed E-state index contributed by atoms with van der Waals surface area (Å²) in [6.45, 7) is 0.198. The molecule has 9 heteroatoms. The van der Waals surface area contributed by atoms with E-state index in [4.69, 9.17) is 10.6 Å². The SMILES string of the molecule is Nn1c(COc2cccc(Br)c2)nnc1SCCCC(=O)c1ccc(F)cc1. The molecular formula is C19H18BrFN4O2S. The molecule has 2 aromatic carbocycles. The molecule has 0 spiro atoms. The van der Waals surface area contributed by atoms with E-state index in [1.807, 2.05) is 24.3 Å². The molecule has 0 amide bonds. The van der Waals surface area contributed by atoms with Crippen LogP contribution in [0.15, 0.2) is 58.2 Å². The zero-order chi connectivity index (χ0) is 19.9. The predicted molar refractivity (Wildman–Crippen MR) is 109 cm³/mol. The lowest BCUT2D eigenvalue weighted by Crippen LogP contribution is -2.16. The van der Waals surface area contributed by atoms with Crippen LogP contribution in [0.4, 0.5) is 4.39 Å². The second-order valence-corrected chi connectivity index (χ2v) is 7.87.